The van der Waals surface area contributed by atoms with Crippen LogP contribution in [0.4, 0.5) is 0 Å². The van der Waals surface area contributed by atoms with Gasteiger partial charge in [-0.15, -0.1) is 23.2 Å². The molecule has 0 N–H and O–H groups in total. The third-order valence-corrected chi connectivity index (χ3v) is 9.14. The molecule has 180 valence electrons. The fraction of sp³-hybridized carbons (Fsp3) is 0.727. The van der Waals surface area contributed by atoms with E-state index in [1.54, 1.807) is 12.2 Å². The summed E-state index contributed by atoms with van der Waals surface area (Å²) in [6.45, 7) is 12.4. The number of carbonyl (C=O) groups is 2. The number of allylic oxidation sites excluding steroid dienone is 2. The smallest absolute Gasteiger partial charge is 0.241 e. The van der Waals surface area contributed by atoms with Gasteiger partial charge in [-0.1, -0.05) is 0 Å². The average Bonchev–Trinajstić information content (AvgIpc) is 2.65. The summed E-state index contributed by atoms with van der Waals surface area (Å²) in [5, 5.41) is 0. The number of ketones is 2. The number of halogens is 2. The Morgan fingerprint density at radius 1 is 0.781 bits per heavy atom. The molecule has 0 aliphatic heterocycles. The highest BCUT2D eigenvalue weighted by molar-refractivity contribution is 6.70. The molecule has 10 heteroatoms. The zero-order valence-electron chi connectivity index (χ0n) is 20.1. The van der Waals surface area contributed by atoms with E-state index in [0.717, 1.165) is 0 Å². The summed E-state index contributed by atoms with van der Waals surface area (Å²) in [4.78, 5) is 24.7. The van der Waals surface area contributed by atoms with E-state index in [4.69, 9.17) is 41.5 Å². The summed E-state index contributed by atoms with van der Waals surface area (Å²) in [7, 11) is -0.946. The number of hydrogen-bond acceptors (Lipinski definition) is 6. The van der Waals surface area contributed by atoms with Gasteiger partial charge in [0.1, 0.15) is 27.7 Å². The normalized spacial score (nSPS) is 37.8. The topological polar surface area (TPSA) is 71.1 Å². The number of fused-ring (bicyclic) bond motifs is 2. The molecule has 32 heavy (non-hydrogen) atoms. The second-order valence-corrected chi connectivity index (χ2v) is 20.9. The van der Waals surface area contributed by atoms with E-state index in [2.05, 4.69) is 39.3 Å². The molecule has 0 amide bonds. The largest absolute Gasteiger partial charge is 0.547 e. The first-order chi connectivity index (χ1) is 14.6. The predicted octanol–water partition coefficient (Wildman–Crippen LogP) is 4.63. The standard InChI is InChI=1S/C22H34Cl2O6Si2/c1-27-17-11-13(29-31(3,4)5)9-15-19(25)16-10-14(30-32(6,7)8)12-18(28-2)22(16,24)20(26)21(15,17)23/h11-12,15-18H,9-10H2,1-8H3/t15-,16-,17-,18-,21-,22-/m1/s1. The lowest BCUT2D eigenvalue weighted by molar-refractivity contribution is -0.152. The maximum Gasteiger partial charge on any atom is 0.241 e. The summed E-state index contributed by atoms with van der Waals surface area (Å²) < 4.78 is 23.6. The number of ether oxygens (including phenoxy) is 2. The predicted molar refractivity (Wildman–Crippen MR) is 130 cm³/mol. The lowest BCUT2D eigenvalue weighted by Crippen LogP contribution is -2.72. The Labute approximate surface area is 202 Å². The van der Waals surface area contributed by atoms with Crippen LogP contribution < -0.4 is 0 Å². The van der Waals surface area contributed by atoms with E-state index >= 15 is 0 Å². The van der Waals surface area contributed by atoms with Crippen LogP contribution in [-0.2, 0) is 27.9 Å². The highest BCUT2D eigenvalue weighted by Crippen LogP contribution is 2.56. The zero-order valence-corrected chi connectivity index (χ0v) is 23.6. The minimum Gasteiger partial charge on any atom is -0.547 e. The van der Waals surface area contributed by atoms with Crippen LogP contribution in [0.15, 0.2) is 23.7 Å². The van der Waals surface area contributed by atoms with E-state index in [-0.39, 0.29) is 18.6 Å². The van der Waals surface area contributed by atoms with Crippen LogP contribution >= 0.6 is 23.2 Å². The molecule has 0 aromatic rings. The van der Waals surface area contributed by atoms with Crippen LogP contribution in [0.25, 0.3) is 0 Å². The van der Waals surface area contributed by atoms with Crippen molar-refractivity contribution < 1.29 is 27.9 Å². The third-order valence-electron chi connectivity index (χ3n) is 6.09. The Kier molecular flexibility index (Phi) is 6.93. The Balaban J connectivity index is 2.09. The van der Waals surface area contributed by atoms with Crippen molar-refractivity contribution in [2.24, 2.45) is 11.8 Å². The molecule has 3 aliphatic carbocycles. The number of Topliss-reactive ketones (excluding diaryl/α,β-unsaturated/α-hetero) is 2. The van der Waals surface area contributed by atoms with Crippen molar-refractivity contribution in [2.75, 3.05) is 14.2 Å². The monoisotopic (exact) mass is 520 g/mol. The van der Waals surface area contributed by atoms with Crippen LogP contribution in [0.3, 0.4) is 0 Å². The molecular formula is C22H34Cl2O6Si2. The SMILES string of the molecule is CO[C@@H]1C=C(O[Si](C)(C)C)C[C@@H]2C(=O)[C@H]3CC(O[Si](C)(C)C)=C[C@@H](OC)[C@@]3(Cl)C(=O)[C@@]21Cl. The van der Waals surface area contributed by atoms with Gasteiger partial charge in [0.15, 0.2) is 5.78 Å². The van der Waals surface area contributed by atoms with Crippen molar-refractivity contribution >= 4 is 51.4 Å². The van der Waals surface area contributed by atoms with Gasteiger partial charge in [-0.3, -0.25) is 9.59 Å². The van der Waals surface area contributed by atoms with E-state index in [9.17, 15) is 9.59 Å². The maximum atomic E-state index is 14.0. The Bertz CT molecular complexity index is 795. The molecule has 1 saturated carbocycles. The highest BCUT2D eigenvalue weighted by Gasteiger charge is 2.71. The summed E-state index contributed by atoms with van der Waals surface area (Å²) in [6, 6.07) is 0. The fourth-order valence-electron chi connectivity index (χ4n) is 4.96. The quantitative estimate of drug-likeness (QED) is 0.375. The van der Waals surface area contributed by atoms with Gasteiger partial charge in [0.05, 0.1) is 23.4 Å². The van der Waals surface area contributed by atoms with Crippen LogP contribution in [0, 0.1) is 11.8 Å². The second kappa shape index (κ2) is 8.54. The fourth-order valence-corrected chi connectivity index (χ4v) is 7.87. The molecule has 1 fully saturated rings. The molecule has 6 nitrogen and oxygen atoms in total. The highest BCUT2D eigenvalue weighted by atomic mass is 35.5. The van der Waals surface area contributed by atoms with Crippen LogP contribution in [-0.4, -0.2) is 64.4 Å². The molecule has 0 spiro atoms. The minimum atomic E-state index is -1.94. The second-order valence-electron chi connectivity index (χ2n) is 10.8. The lowest BCUT2D eigenvalue weighted by atomic mass is 9.57. The Morgan fingerprint density at radius 3 is 1.41 bits per heavy atom. The molecule has 0 aromatic carbocycles. The van der Waals surface area contributed by atoms with E-state index in [1.165, 1.54) is 14.2 Å². The van der Waals surface area contributed by atoms with Gasteiger partial charge in [0.2, 0.25) is 16.6 Å². The molecule has 0 heterocycles. The Hall–Kier alpha value is -0.646. The minimum absolute atomic E-state index is 0.173. The third kappa shape index (κ3) is 4.39. The number of methoxy groups -OCH3 is 2. The first-order valence-electron chi connectivity index (χ1n) is 10.9. The van der Waals surface area contributed by atoms with Gasteiger partial charge in [-0.2, -0.15) is 0 Å². The van der Waals surface area contributed by atoms with Gasteiger partial charge >= 0.3 is 0 Å². The van der Waals surface area contributed by atoms with Gasteiger partial charge < -0.3 is 18.3 Å². The zero-order chi connectivity index (χ0) is 24.3. The maximum absolute atomic E-state index is 14.0. The van der Waals surface area contributed by atoms with Gasteiger partial charge in [-0.25, -0.2) is 0 Å². The van der Waals surface area contributed by atoms with Crippen molar-refractivity contribution in [3.05, 3.63) is 23.7 Å². The molecule has 3 aliphatic rings. The van der Waals surface area contributed by atoms with Crippen molar-refractivity contribution in [1.29, 1.82) is 0 Å². The number of carbonyl (C=O) groups excluding carboxylic acids is 2. The van der Waals surface area contributed by atoms with Gasteiger partial charge in [0, 0.05) is 27.1 Å². The molecule has 0 radical (unpaired) electrons. The Morgan fingerprint density at radius 2 is 1.12 bits per heavy atom. The van der Waals surface area contributed by atoms with Crippen LogP contribution in [0.2, 0.25) is 39.3 Å². The first-order valence-corrected chi connectivity index (χ1v) is 18.5. The van der Waals surface area contributed by atoms with Crippen molar-refractivity contribution in [3.8, 4) is 0 Å². The number of rotatable bonds is 6. The summed E-state index contributed by atoms with van der Waals surface area (Å²) >= 11 is 14.1. The average molecular weight is 522 g/mol. The van der Waals surface area contributed by atoms with E-state index in [1.807, 2.05) is 0 Å². The van der Waals surface area contributed by atoms with Crippen LogP contribution in [0.5, 0.6) is 0 Å². The van der Waals surface area contributed by atoms with Crippen molar-refractivity contribution in [2.45, 2.75) is 74.1 Å². The molecule has 0 aromatic heterocycles. The molecule has 3 rings (SSSR count). The summed E-state index contributed by atoms with van der Waals surface area (Å²) in [5.41, 5.74) is 0. The molecule has 0 unspecified atom stereocenters. The van der Waals surface area contributed by atoms with Crippen molar-refractivity contribution in [1.82, 2.24) is 0 Å². The van der Waals surface area contributed by atoms with E-state index in [0.29, 0.717) is 11.5 Å². The summed E-state index contributed by atoms with van der Waals surface area (Å²) in [5.74, 6) is -0.930. The van der Waals surface area contributed by atoms with Gasteiger partial charge in [-0.05, 0) is 51.4 Å². The number of hydrogen-bond donors (Lipinski definition) is 0. The first kappa shape index (κ1) is 26.0. The molecule has 0 bridgehead atoms. The van der Waals surface area contributed by atoms with Gasteiger partial charge in [0.25, 0.3) is 0 Å². The molecule has 0 saturated heterocycles. The van der Waals surface area contributed by atoms with Crippen molar-refractivity contribution in [3.63, 3.8) is 0 Å². The summed E-state index contributed by atoms with van der Waals surface area (Å²) in [6.07, 6.45) is 2.26. The van der Waals surface area contributed by atoms with Crippen LogP contribution in [0.1, 0.15) is 12.8 Å². The van der Waals surface area contributed by atoms with E-state index < -0.39 is 56.2 Å². The number of alkyl halides is 2. The molecular weight excluding hydrogens is 487 g/mol. The molecule has 6 atom stereocenters. The lowest BCUT2D eigenvalue weighted by Gasteiger charge is -2.54.